The number of hydrogen-bond acceptors (Lipinski definition) is 4. The number of hydrogen-bond donors (Lipinski definition) is 1. The van der Waals surface area contributed by atoms with Gasteiger partial charge in [-0.1, -0.05) is 12.1 Å². The zero-order valence-electron chi connectivity index (χ0n) is 10.5. The van der Waals surface area contributed by atoms with Crippen LogP contribution in [0.3, 0.4) is 0 Å². The van der Waals surface area contributed by atoms with E-state index in [2.05, 4.69) is 5.32 Å². The summed E-state index contributed by atoms with van der Waals surface area (Å²) >= 11 is 0. The third kappa shape index (κ3) is 2.98. The summed E-state index contributed by atoms with van der Waals surface area (Å²) in [6.07, 6.45) is 2.11. The maximum absolute atomic E-state index is 11.0. The number of para-hydroxylation sites is 1. The molecule has 1 atom stereocenters. The Kier molecular flexibility index (Phi) is 4.15. The molecular weight excluding hydrogens is 232 g/mol. The summed E-state index contributed by atoms with van der Waals surface area (Å²) in [6, 6.07) is 5.18. The van der Waals surface area contributed by atoms with Crippen LogP contribution in [0, 0.1) is 23.0 Å². The van der Waals surface area contributed by atoms with Crippen LogP contribution in [0.4, 0.5) is 5.69 Å². The summed E-state index contributed by atoms with van der Waals surface area (Å²) in [5, 5.41) is 14.3. The topological polar surface area (TPSA) is 64.4 Å². The standard InChI is InChI=1S/C13H18N2O3/c1-10-3-2-4-12(13(10)15(16)17)18-8-6-11-5-7-14-9-11/h2-4,11,14H,5-9H2,1H3. The average molecular weight is 250 g/mol. The predicted octanol–water partition coefficient (Wildman–Crippen LogP) is 2.28. The summed E-state index contributed by atoms with van der Waals surface area (Å²) in [5.41, 5.74) is 0.724. The first kappa shape index (κ1) is 12.8. The fourth-order valence-electron chi connectivity index (χ4n) is 2.28. The van der Waals surface area contributed by atoms with E-state index < -0.39 is 0 Å². The number of nitro benzene ring substituents is 1. The van der Waals surface area contributed by atoms with Gasteiger partial charge in [0, 0.05) is 5.56 Å². The van der Waals surface area contributed by atoms with E-state index >= 15 is 0 Å². The highest BCUT2D eigenvalue weighted by atomic mass is 16.6. The van der Waals surface area contributed by atoms with Crippen molar-refractivity contribution in [2.24, 2.45) is 5.92 Å². The van der Waals surface area contributed by atoms with Gasteiger partial charge < -0.3 is 10.1 Å². The van der Waals surface area contributed by atoms with Crippen LogP contribution in [0.2, 0.25) is 0 Å². The minimum Gasteiger partial charge on any atom is -0.487 e. The summed E-state index contributed by atoms with van der Waals surface area (Å²) in [6.45, 7) is 4.36. The Hall–Kier alpha value is -1.62. The van der Waals surface area contributed by atoms with Crippen molar-refractivity contribution in [3.8, 4) is 5.75 Å². The molecular formula is C13H18N2O3. The van der Waals surface area contributed by atoms with Crippen LogP contribution >= 0.6 is 0 Å². The fraction of sp³-hybridized carbons (Fsp3) is 0.538. The first-order valence-corrected chi connectivity index (χ1v) is 6.26. The summed E-state index contributed by atoms with van der Waals surface area (Å²) in [7, 11) is 0. The van der Waals surface area contributed by atoms with Crippen molar-refractivity contribution in [3.63, 3.8) is 0 Å². The molecule has 5 heteroatoms. The maximum atomic E-state index is 11.0. The van der Waals surface area contributed by atoms with E-state index in [4.69, 9.17) is 4.74 Å². The molecule has 1 saturated heterocycles. The van der Waals surface area contributed by atoms with Crippen LogP contribution in [0.25, 0.3) is 0 Å². The van der Waals surface area contributed by atoms with Gasteiger partial charge in [-0.2, -0.15) is 0 Å². The smallest absolute Gasteiger partial charge is 0.313 e. The first-order chi connectivity index (χ1) is 8.68. The first-order valence-electron chi connectivity index (χ1n) is 6.26. The predicted molar refractivity (Wildman–Crippen MR) is 68.9 cm³/mol. The molecule has 0 radical (unpaired) electrons. The molecule has 1 aromatic rings. The normalized spacial score (nSPS) is 18.8. The van der Waals surface area contributed by atoms with E-state index in [1.54, 1.807) is 25.1 Å². The van der Waals surface area contributed by atoms with Crippen molar-refractivity contribution in [2.45, 2.75) is 19.8 Å². The van der Waals surface area contributed by atoms with Crippen molar-refractivity contribution in [3.05, 3.63) is 33.9 Å². The van der Waals surface area contributed by atoms with Gasteiger partial charge in [-0.3, -0.25) is 10.1 Å². The zero-order chi connectivity index (χ0) is 13.0. The summed E-state index contributed by atoms with van der Waals surface area (Å²) in [4.78, 5) is 10.6. The van der Waals surface area contributed by atoms with Crippen LogP contribution < -0.4 is 10.1 Å². The Morgan fingerprint density at radius 1 is 1.56 bits per heavy atom. The molecule has 2 rings (SSSR count). The van der Waals surface area contributed by atoms with Gasteiger partial charge in [0.15, 0.2) is 5.75 Å². The molecule has 1 unspecified atom stereocenters. The highest BCUT2D eigenvalue weighted by Crippen LogP contribution is 2.30. The van der Waals surface area contributed by atoms with Crippen molar-refractivity contribution >= 4 is 5.69 Å². The Morgan fingerprint density at radius 3 is 3.06 bits per heavy atom. The molecule has 1 aromatic carbocycles. The van der Waals surface area contributed by atoms with Crippen molar-refractivity contribution in [1.82, 2.24) is 5.32 Å². The third-order valence-corrected chi connectivity index (χ3v) is 3.33. The Labute approximate surface area is 106 Å². The molecule has 0 aromatic heterocycles. The number of benzene rings is 1. The molecule has 0 saturated carbocycles. The fourth-order valence-corrected chi connectivity index (χ4v) is 2.28. The number of rotatable bonds is 5. The lowest BCUT2D eigenvalue weighted by Crippen LogP contribution is -2.12. The summed E-state index contributed by atoms with van der Waals surface area (Å²) < 4.78 is 5.57. The van der Waals surface area contributed by atoms with E-state index in [1.807, 2.05) is 0 Å². The molecule has 1 fully saturated rings. The van der Waals surface area contributed by atoms with Crippen LogP contribution in [-0.4, -0.2) is 24.6 Å². The quantitative estimate of drug-likeness (QED) is 0.643. The van der Waals surface area contributed by atoms with Gasteiger partial charge in [0.1, 0.15) is 0 Å². The number of aryl methyl sites for hydroxylation is 1. The zero-order valence-corrected chi connectivity index (χ0v) is 10.5. The van der Waals surface area contributed by atoms with Crippen molar-refractivity contribution in [2.75, 3.05) is 19.7 Å². The minimum atomic E-state index is -0.373. The molecule has 0 amide bonds. The molecule has 1 aliphatic heterocycles. The largest absolute Gasteiger partial charge is 0.487 e. The van der Waals surface area contributed by atoms with E-state index in [9.17, 15) is 10.1 Å². The molecule has 1 aliphatic rings. The average Bonchev–Trinajstić information content (AvgIpc) is 2.81. The number of nitrogens with one attached hydrogen (secondary N) is 1. The van der Waals surface area contributed by atoms with Gasteiger partial charge in [0.25, 0.3) is 0 Å². The second kappa shape index (κ2) is 5.82. The van der Waals surface area contributed by atoms with E-state index in [1.165, 1.54) is 6.42 Å². The Balaban J connectivity index is 1.96. The van der Waals surface area contributed by atoms with Gasteiger partial charge in [0.2, 0.25) is 0 Å². The lowest BCUT2D eigenvalue weighted by molar-refractivity contribution is -0.386. The molecule has 18 heavy (non-hydrogen) atoms. The van der Waals surface area contributed by atoms with Crippen LogP contribution in [0.1, 0.15) is 18.4 Å². The lowest BCUT2D eigenvalue weighted by Gasteiger charge is -2.10. The lowest BCUT2D eigenvalue weighted by atomic mass is 10.1. The van der Waals surface area contributed by atoms with E-state index in [0.29, 0.717) is 23.8 Å². The minimum absolute atomic E-state index is 0.0852. The maximum Gasteiger partial charge on any atom is 0.313 e. The number of nitro groups is 1. The van der Waals surface area contributed by atoms with Gasteiger partial charge in [0.05, 0.1) is 11.5 Å². The number of nitrogens with zero attached hydrogens (tertiary/aromatic N) is 1. The van der Waals surface area contributed by atoms with Crippen molar-refractivity contribution in [1.29, 1.82) is 0 Å². The van der Waals surface area contributed by atoms with Gasteiger partial charge >= 0.3 is 5.69 Å². The molecule has 0 aliphatic carbocycles. The molecule has 5 nitrogen and oxygen atoms in total. The molecule has 0 spiro atoms. The Morgan fingerprint density at radius 2 is 2.39 bits per heavy atom. The van der Waals surface area contributed by atoms with Crippen LogP contribution in [-0.2, 0) is 0 Å². The molecule has 98 valence electrons. The van der Waals surface area contributed by atoms with Crippen LogP contribution in [0.15, 0.2) is 18.2 Å². The SMILES string of the molecule is Cc1cccc(OCCC2CCNC2)c1[N+](=O)[O-]. The monoisotopic (exact) mass is 250 g/mol. The number of ether oxygens (including phenoxy) is 1. The van der Waals surface area contributed by atoms with E-state index in [0.717, 1.165) is 19.5 Å². The van der Waals surface area contributed by atoms with E-state index in [-0.39, 0.29) is 10.6 Å². The second-order valence-corrected chi connectivity index (χ2v) is 4.67. The van der Waals surface area contributed by atoms with Crippen LogP contribution in [0.5, 0.6) is 5.75 Å². The Bertz CT molecular complexity index is 428. The summed E-state index contributed by atoms with van der Waals surface area (Å²) in [5.74, 6) is 1.01. The molecule has 0 bridgehead atoms. The highest BCUT2D eigenvalue weighted by Gasteiger charge is 2.19. The molecule has 1 heterocycles. The van der Waals surface area contributed by atoms with Gasteiger partial charge in [-0.15, -0.1) is 0 Å². The molecule has 1 N–H and O–H groups in total. The third-order valence-electron chi connectivity index (χ3n) is 3.33. The second-order valence-electron chi connectivity index (χ2n) is 4.67. The highest BCUT2D eigenvalue weighted by molar-refractivity contribution is 5.51. The van der Waals surface area contributed by atoms with Gasteiger partial charge in [-0.05, 0) is 44.8 Å². The van der Waals surface area contributed by atoms with Gasteiger partial charge in [-0.25, -0.2) is 0 Å². The van der Waals surface area contributed by atoms with Crippen molar-refractivity contribution < 1.29 is 9.66 Å².